The van der Waals surface area contributed by atoms with Crippen LogP contribution < -0.4 is 5.32 Å². The molecule has 0 aliphatic carbocycles. The first-order valence-corrected chi connectivity index (χ1v) is 10.1. The van der Waals surface area contributed by atoms with Crippen LogP contribution in [0, 0.1) is 0 Å². The second kappa shape index (κ2) is 9.34. The third-order valence-electron chi connectivity index (χ3n) is 4.52. The van der Waals surface area contributed by atoms with Gasteiger partial charge in [0.2, 0.25) is 11.8 Å². The van der Waals surface area contributed by atoms with Crippen molar-refractivity contribution in [1.82, 2.24) is 10.2 Å². The molecule has 0 saturated carbocycles. The van der Waals surface area contributed by atoms with Gasteiger partial charge in [0.05, 0.1) is 16.5 Å². The number of rotatable bonds is 5. The fraction of sp³-hybridized carbons (Fsp3) is 0.286. The van der Waals surface area contributed by atoms with Crippen molar-refractivity contribution < 1.29 is 22.8 Å². The lowest BCUT2D eigenvalue weighted by atomic mass is 10.1. The summed E-state index contributed by atoms with van der Waals surface area (Å²) in [5.74, 6) is -0.614. The second-order valence-corrected chi connectivity index (χ2v) is 7.90. The van der Waals surface area contributed by atoms with E-state index >= 15 is 0 Å². The minimum absolute atomic E-state index is 0.0000518. The maximum Gasteiger partial charge on any atom is 0.416 e. The molecule has 0 spiro atoms. The molecule has 1 saturated heterocycles. The number of hydrogen-bond donors (Lipinski definition) is 1. The van der Waals surface area contributed by atoms with Crippen LogP contribution in [-0.4, -0.2) is 40.7 Å². The van der Waals surface area contributed by atoms with Gasteiger partial charge in [0.15, 0.2) is 5.17 Å². The third-order valence-corrected chi connectivity index (χ3v) is 5.76. The van der Waals surface area contributed by atoms with Crippen LogP contribution in [0.2, 0.25) is 0 Å². The van der Waals surface area contributed by atoms with Crippen molar-refractivity contribution in [3.05, 3.63) is 65.7 Å². The molecule has 2 aromatic rings. The Labute approximate surface area is 176 Å². The Balaban J connectivity index is 1.68. The van der Waals surface area contributed by atoms with Gasteiger partial charge in [-0.15, -0.1) is 0 Å². The maximum atomic E-state index is 12.9. The van der Waals surface area contributed by atoms with Crippen LogP contribution in [0.3, 0.4) is 0 Å². The average molecular weight is 435 g/mol. The summed E-state index contributed by atoms with van der Waals surface area (Å²) < 4.78 is 38.8. The highest BCUT2D eigenvalue weighted by Gasteiger charge is 2.34. The van der Waals surface area contributed by atoms with Crippen LogP contribution >= 0.6 is 11.8 Å². The molecule has 30 heavy (non-hydrogen) atoms. The molecular formula is C21H20F3N3O2S. The first-order chi connectivity index (χ1) is 14.2. The summed E-state index contributed by atoms with van der Waals surface area (Å²) in [6.45, 7) is 0.421. The summed E-state index contributed by atoms with van der Waals surface area (Å²) in [4.78, 5) is 30.3. The predicted octanol–water partition coefficient (Wildman–Crippen LogP) is 4.02. The van der Waals surface area contributed by atoms with E-state index in [9.17, 15) is 22.8 Å². The number of alkyl halides is 3. The van der Waals surface area contributed by atoms with E-state index in [4.69, 9.17) is 0 Å². The van der Waals surface area contributed by atoms with E-state index in [2.05, 4.69) is 10.3 Å². The van der Waals surface area contributed by atoms with E-state index in [0.717, 1.165) is 29.5 Å². The molecule has 158 valence electrons. The molecule has 1 unspecified atom stereocenters. The van der Waals surface area contributed by atoms with Gasteiger partial charge in [-0.05, 0) is 30.2 Å². The minimum Gasteiger partial charge on any atom is -0.355 e. The summed E-state index contributed by atoms with van der Waals surface area (Å²) in [7, 11) is 1.49. The number of halogens is 3. The Hall–Kier alpha value is -2.81. The Kier molecular flexibility index (Phi) is 6.81. The molecule has 1 aliphatic heterocycles. The zero-order valence-electron chi connectivity index (χ0n) is 16.1. The number of hydrogen-bond acceptors (Lipinski definition) is 4. The van der Waals surface area contributed by atoms with Crippen molar-refractivity contribution in [2.24, 2.45) is 4.99 Å². The van der Waals surface area contributed by atoms with E-state index < -0.39 is 17.0 Å². The Morgan fingerprint density at radius 2 is 1.93 bits per heavy atom. The minimum atomic E-state index is -4.49. The monoisotopic (exact) mass is 435 g/mol. The summed E-state index contributed by atoms with van der Waals surface area (Å²) in [6, 6.07) is 14.2. The summed E-state index contributed by atoms with van der Waals surface area (Å²) in [5.41, 5.74) is 0.322. The standard InChI is InChI=1S/C21H20F3N3O2S/c1-27-18(28)13-17(19(29)25-11-10-14-6-3-2-4-7-14)30-20(27)26-16-9-5-8-15(12-16)21(22,23)24/h2-9,12,17H,10-11,13H2,1H3,(H,25,29). The molecular weight excluding hydrogens is 415 g/mol. The van der Waals surface area contributed by atoms with Crippen molar-refractivity contribution in [3.63, 3.8) is 0 Å². The van der Waals surface area contributed by atoms with Crippen LogP contribution in [0.15, 0.2) is 59.6 Å². The van der Waals surface area contributed by atoms with Crippen LogP contribution in [0.5, 0.6) is 0 Å². The Bertz CT molecular complexity index is 948. The van der Waals surface area contributed by atoms with Crippen molar-refractivity contribution >= 4 is 34.4 Å². The first-order valence-electron chi connectivity index (χ1n) is 9.25. The number of amidine groups is 1. The molecule has 2 amide bonds. The second-order valence-electron chi connectivity index (χ2n) is 6.73. The maximum absolute atomic E-state index is 12.9. The number of nitrogens with zero attached hydrogens (tertiary/aromatic N) is 2. The highest BCUT2D eigenvalue weighted by atomic mass is 32.2. The molecule has 5 nitrogen and oxygen atoms in total. The summed E-state index contributed by atoms with van der Waals surface area (Å²) >= 11 is 1.07. The summed E-state index contributed by atoms with van der Waals surface area (Å²) in [6.07, 6.45) is -3.83. The smallest absolute Gasteiger partial charge is 0.355 e. The van der Waals surface area contributed by atoms with Gasteiger partial charge in [-0.3, -0.25) is 14.5 Å². The van der Waals surface area contributed by atoms with Gasteiger partial charge in [0, 0.05) is 20.0 Å². The van der Waals surface area contributed by atoms with Crippen molar-refractivity contribution in [1.29, 1.82) is 0 Å². The fourth-order valence-corrected chi connectivity index (χ4v) is 3.94. The lowest BCUT2D eigenvalue weighted by Gasteiger charge is -2.28. The van der Waals surface area contributed by atoms with Gasteiger partial charge in [0.1, 0.15) is 0 Å². The number of benzene rings is 2. The van der Waals surface area contributed by atoms with E-state index in [-0.39, 0.29) is 29.1 Å². The number of thioether (sulfide) groups is 1. The quantitative estimate of drug-likeness (QED) is 0.772. The predicted molar refractivity (Wildman–Crippen MR) is 110 cm³/mol. The molecule has 2 aromatic carbocycles. The zero-order valence-corrected chi connectivity index (χ0v) is 17.0. The Morgan fingerprint density at radius 1 is 1.20 bits per heavy atom. The van der Waals surface area contributed by atoms with Gasteiger partial charge in [-0.2, -0.15) is 13.2 Å². The molecule has 1 heterocycles. The lowest BCUT2D eigenvalue weighted by Crippen LogP contribution is -2.45. The van der Waals surface area contributed by atoms with Crippen molar-refractivity contribution in [3.8, 4) is 0 Å². The van der Waals surface area contributed by atoms with Gasteiger partial charge in [-0.25, -0.2) is 4.99 Å². The number of amides is 2. The molecule has 1 atom stereocenters. The topological polar surface area (TPSA) is 61.8 Å². The fourth-order valence-electron chi connectivity index (χ4n) is 2.85. The van der Waals surface area contributed by atoms with E-state index in [1.165, 1.54) is 24.1 Å². The normalized spacial score (nSPS) is 18.5. The van der Waals surface area contributed by atoms with Gasteiger partial charge >= 0.3 is 6.18 Å². The average Bonchev–Trinajstić information content (AvgIpc) is 2.71. The van der Waals surface area contributed by atoms with Crippen molar-refractivity contribution in [2.45, 2.75) is 24.3 Å². The number of aliphatic imine (C=N–C) groups is 1. The molecule has 1 fully saturated rings. The largest absolute Gasteiger partial charge is 0.416 e. The molecule has 1 aliphatic rings. The van der Waals surface area contributed by atoms with Crippen LogP contribution in [0.4, 0.5) is 18.9 Å². The first kappa shape index (κ1) is 21.9. The van der Waals surface area contributed by atoms with E-state index in [0.29, 0.717) is 13.0 Å². The van der Waals surface area contributed by atoms with Crippen LogP contribution in [0.1, 0.15) is 17.5 Å². The lowest BCUT2D eigenvalue weighted by molar-refractivity contribution is -0.137. The van der Waals surface area contributed by atoms with E-state index in [1.807, 2.05) is 30.3 Å². The molecule has 9 heteroatoms. The molecule has 3 rings (SSSR count). The zero-order chi connectivity index (χ0) is 21.7. The molecule has 0 aromatic heterocycles. The highest BCUT2D eigenvalue weighted by molar-refractivity contribution is 8.15. The van der Waals surface area contributed by atoms with Gasteiger partial charge in [-0.1, -0.05) is 48.2 Å². The Morgan fingerprint density at radius 3 is 2.63 bits per heavy atom. The van der Waals surface area contributed by atoms with Gasteiger partial charge in [0.25, 0.3) is 0 Å². The van der Waals surface area contributed by atoms with Crippen LogP contribution in [-0.2, 0) is 22.2 Å². The molecule has 0 bridgehead atoms. The van der Waals surface area contributed by atoms with Gasteiger partial charge < -0.3 is 5.32 Å². The number of carbonyl (C=O) groups is 2. The highest BCUT2D eigenvalue weighted by Crippen LogP contribution is 2.33. The van der Waals surface area contributed by atoms with Crippen molar-refractivity contribution in [2.75, 3.05) is 13.6 Å². The molecule has 0 radical (unpaired) electrons. The number of carbonyl (C=O) groups excluding carboxylic acids is 2. The number of nitrogens with one attached hydrogen (secondary N) is 1. The summed E-state index contributed by atoms with van der Waals surface area (Å²) in [5, 5.41) is 2.32. The molecule has 1 N–H and O–H groups in total. The van der Waals surface area contributed by atoms with Crippen LogP contribution in [0.25, 0.3) is 0 Å². The van der Waals surface area contributed by atoms with E-state index in [1.54, 1.807) is 0 Å². The SMILES string of the molecule is CN1C(=O)CC(C(=O)NCCc2ccccc2)SC1=Nc1cccc(C(F)(F)F)c1. The third kappa shape index (κ3) is 5.63.